The standard InChI is InChI=1S/C17H29N3O/c1-4-17(2,20-11-6-5-7-12-20)16(19-18)14-9-8-10-15(13-14)21-3/h8-10,13,16,19H,4-7,11-12,18H2,1-3H3. The molecule has 1 aliphatic heterocycles. The molecule has 1 aliphatic rings. The summed E-state index contributed by atoms with van der Waals surface area (Å²) < 4.78 is 5.36. The van der Waals surface area contributed by atoms with Crippen LogP contribution >= 0.6 is 0 Å². The third kappa shape index (κ3) is 3.39. The predicted octanol–water partition coefficient (Wildman–Crippen LogP) is 2.85. The Labute approximate surface area is 128 Å². The van der Waals surface area contributed by atoms with E-state index in [1.807, 2.05) is 12.1 Å². The van der Waals surface area contributed by atoms with Crippen molar-refractivity contribution in [2.75, 3.05) is 20.2 Å². The van der Waals surface area contributed by atoms with Crippen LogP contribution in [0.2, 0.25) is 0 Å². The Morgan fingerprint density at radius 2 is 2.05 bits per heavy atom. The Kier molecular flexibility index (Phi) is 5.62. The van der Waals surface area contributed by atoms with Crippen molar-refractivity contribution in [3.8, 4) is 5.75 Å². The summed E-state index contributed by atoms with van der Waals surface area (Å²) >= 11 is 0. The SMILES string of the molecule is CCC(C)(C(NN)c1cccc(OC)c1)N1CCCCC1. The fraction of sp³-hybridized carbons (Fsp3) is 0.647. The molecule has 4 nitrogen and oxygen atoms in total. The monoisotopic (exact) mass is 291 g/mol. The maximum Gasteiger partial charge on any atom is 0.119 e. The van der Waals surface area contributed by atoms with Gasteiger partial charge < -0.3 is 4.74 Å². The van der Waals surface area contributed by atoms with Gasteiger partial charge in [-0.25, -0.2) is 0 Å². The molecule has 0 aliphatic carbocycles. The Bertz CT molecular complexity index is 445. The molecule has 1 aromatic rings. The fourth-order valence-electron chi connectivity index (χ4n) is 3.47. The summed E-state index contributed by atoms with van der Waals surface area (Å²) in [5.74, 6) is 6.83. The van der Waals surface area contributed by atoms with E-state index in [0.29, 0.717) is 0 Å². The minimum atomic E-state index is 0.0154. The number of nitrogens with one attached hydrogen (secondary N) is 1. The largest absolute Gasteiger partial charge is 0.497 e. The molecule has 2 atom stereocenters. The Morgan fingerprint density at radius 1 is 1.33 bits per heavy atom. The zero-order valence-corrected chi connectivity index (χ0v) is 13.6. The van der Waals surface area contributed by atoms with Crippen molar-refractivity contribution >= 4 is 0 Å². The minimum Gasteiger partial charge on any atom is -0.497 e. The molecule has 1 heterocycles. The van der Waals surface area contributed by atoms with E-state index >= 15 is 0 Å². The molecule has 1 aromatic carbocycles. The second-order valence-electron chi connectivity index (χ2n) is 6.13. The molecule has 21 heavy (non-hydrogen) atoms. The smallest absolute Gasteiger partial charge is 0.119 e. The molecular weight excluding hydrogens is 262 g/mol. The average Bonchev–Trinajstić information content (AvgIpc) is 2.56. The van der Waals surface area contributed by atoms with E-state index < -0.39 is 0 Å². The first-order valence-corrected chi connectivity index (χ1v) is 8.01. The number of nitrogens with zero attached hydrogens (tertiary/aromatic N) is 1. The van der Waals surface area contributed by atoms with Gasteiger partial charge in [0.05, 0.1) is 13.2 Å². The van der Waals surface area contributed by atoms with Crippen molar-refractivity contribution < 1.29 is 4.74 Å². The summed E-state index contributed by atoms with van der Waals surface area (Å²) in [6, 6.07) is 8.31. The number of hydrazine groups is 1. The van der Waals surface area contributed by atoms with Crippen LogP contribution in [0.15, 0.2) is 24.3 Å². The molecule has 0 radical (unpaired) electrons. The van der Waals surface area contributed by atoms with E-state index in [1.54, 1.807) is 7.11 Å². The maximum absolute atomic E-state index is 5.95. The third-order valence-electron chi connectivity index (χ3n) is 5.01. The zero-order valence-electron chi connectivity index (χ0n) is 13.6. The van der Waals surface area contributed by atoms with Crippen molar-refractivity contribution in [1.82, 2.24) is 10.3 Å². The number of hydrogen-bond acceptors (Lipinski definition) is 4. The maximum atomic E-state index is 5.95. The Hall–Kier alpha value is -1.10. The van der Waals surface area contributed by atoms with Gasteiger partial charge >= 0.3 is 0 Å². The van der Waals surface area contributed by atoms with E-state index in [9.17, 15) is 0 Å². The number of hydrogen-bond donors (Lipinski definition) is 2. The second-order valence-corrected chi connectivity index (χ2v) is 6.13. The van der Waals surface area contributed by atoms with Crippen molar-refractivity contribution in [2.24, 2.45) is 5.84 Å². The summed E-state index contributed by atoms with van der Waals surface area (Å²) in [4.78, 5) is 2.60. The molecular formula is C17H29N3O. The van der Waals surface area contributed by atoms with Crippen LogP contribution in [-0.4, -0.2) is 30.6 Å². The van der Waals surface area contributed by atoms with Gasteiger partial charge in [-0.05, 0) is 57.0 Å². The van der Waals surface area contributed by atoms with Crippen molar-refractivity contribution in [2.45, 2.75) is 51.1 Å². The first-order chi connectivity index (χ1) is 10.2. The van der Waals surface area contributed by atoms with Crippen LogP contribution < -0.4 is 16.0 Å². The number of ether oxygens (including phenoxy) is 1. The molecule has 0 aromatic heterocycles. The average molecular weight is 291 g/mol. The number of methoxy groups -OCH3 is 1. The van der Waals surface area contributed by atoms with Crippen LogP contribution in [0.3, 0.4) is 0 Å². The zero-order chi connectivity index (χ0) is 15.3. The lowest BCUT2D eigenvalue weighted by Crippen LogP contribution is -2.57. The van der Waals surface area contributed by atoms with Gasteiger partial charge in [0.1, 0.15) is 5.75 Å². The topological polar surface area (TPSA) is 50.5 Å². The molecule has 4 heteroatoms. The van der Waals surface area contributed by atoms with E-state index in [2.05, 4.69) is 36.3 Å². The molecule has 3 N–H and O–H groups in total. The van der Waals surface area contributed by atoms with Crippen LogP contribution in [0.4, 0.5) is 0 Å². The predicted molar refractivity (Wildman–Crippen MR) is 87.2 cm³/mol. The highest BCUT2D eigenvalue weighted by atomic mass is 16.5. The van der Waals surface area contributed by atoms with Gasteiger partial charge in [0.2, 0.25) is 0 Å². The molecule has 0 amide bonds. The highest BCUT2D eigenvalue weighted by Gasteiger charge is 2.39. The Balaban J connectivity index is 2.31. The molecule has 0 bridgehead atoms. The number of nitrogens with two attached hydrogens (primary N) is 1. The van der Waals surface area contributed by atoms with E-state index in [4.69, 9.17) is 10.6 Å². The van der Waals surface area contributed by atoms with Crippen molar-refractivity contribution in [3.63, 3.8) is 0 Å². The first kappa shape index (κ1) is 16.3. The molecule has 118 valence electrons. The van der Waals surface area contributed by atoms with Gasteiger partial charge in [-0.2, -0.15) is 0 Å². The number of benzene rings is 1. The van der Waals surface area contributed by atoms with E-state index in [1.165, 1.54) is 24.8 Å². The molecule has 1 fully saturated rings. The quantitative estimate of drug-likeness (QED) is 0.625. The lowest BCUT2D eigenvalue weighted by atomic mass is 9.82. The van der Waals surface area contributed by atoms with Crippen LogP contribution in [-0.2, 0) is 0 Å². The highest BCUT2D eigenvalue weighted by molar-refractivity contribution is 5.32. The molecule has 1 saturated heterocycles. The normalized spacial score (nSPS) is 20.8. The van der Waals surface area contributed by atoms with Gasteiger partial charge in [0.25, 0.3) is 0 Å². The molecule has 2 unspecified atom stereocenters. The number of piperidine rings is 1. The van der Waals surface area contributed by atoms with Crippen LogP contribution in [0.1, 0.15) is 51.1 Å². The van der Waals surface area contributed by atoms with Crippen LogP contribution in [0.25, 0.3) is 0 Å². The summed E-state index contributed by atoms with van der Waals surface area (Å²) in [5, 5.41) is 0. The van der Waals surface area contributed by atoms with Gasteiger partial charge in [0, 0.05) is 5.54 Å². The highest BCUT2D eigenvalue weighted by Crippen LogP contribution is 2.36. The summed E-state index contributed by atoms with van der Waals surface area (Å²) in [7, 11) is 1.70. The summed E-state index contributed by atoms with van der Waals surface area (Å²) in [6.45, 7) is 6.89. The summed E-state index contributed by atoms with van der Waals surface area (Å²) in [5.41, 5.74) is 4.26. The van der Waals surface area contributed by atoms with Crippen LogP contribution in [0.5, 0.6) is 5.75 Å². The van der Waals surface area contributed by atoms with E-state index in [-0.39, 0.29) is 11.6 Å². The van der Waals surface area contributed by atoms with Crippen molar-refractivity contribution in [1.29, 1.82) is 0 Å². The summed E-state index contributed by atoms with van der Waals surface area (Å²) in [6.07, 6.45) is 4.96. The number of likely N-dealkylation sites (tertiary alicyclic amines) is 1. The minimum absolute atomic E-state index is 0.0154. The lowest BCUT2D eigenvalue weighted by Gasteiger charge is -2.48. The molecule has 0 spiro atoms. The van der Waals surface area contributed by atoms with Gasteiger partial charge in [-0.15, -0.1) is 0 Å². The van der Waals surface area contributed by atoms with Gasteiger partial charge in [0.15, 0.2) is 0 Å². The van der Waals surface area contributed by atoms with Gasteiger partial charge in [-0.1, -0.05) is 25.5 Å². The van der Waals surface area contributed by atoms with Crippen molar-refractivity contribution in [3.05, 3.63) is 29.8 Å². The molecule has 2 rings (SSSR count). The lowest BCUT2D eigenvalue weighted by molar-refractivity contribution is 0.0423. The fourth-order valence-corrected chi connectivity index (χ4v) is 3.47. The van der Waals surface area contributed by atoms with Crippen LogP contribution in [0, 0.1) is 0 Å². The van der Waals surface area contributed by atoms with E-state index in [0.717, 1.165) is 25.3 Å². The van der Waals surface area contributed by atoms with Gasteiger partial charge in [-0.3, -0.25) is 16.2 Å². The third-order valence-corrected chi connectivity index (χ3v) is 5.01. The number of rotatable bonds is 6. The molecule has 0 saturated carbocycles. The first-order valence-electron chi connectivity index (χ1n) is 8.01. The second kappa shape index (κ2) is 7.25. The Morgan fingerprint density at radius 3 is 2.62 bits per heavy atom.